The van der Waals surface area contributed by atoms with Crippen LogP contribution < -0.4 is 0 Å². The van der Waals surface area contributed by atoms with Crippen LogP contribution in [0, 0.1) is 5.92 Å². The van der Waals surface area contributed by atoms with E-state index >= 15 is 0 Å². The minimum atomic E-state index is 0.241. The summed E-state index contributed by atoms with van der Waals surface area (Å²) in [6.07, 6.45) is 1.87. The normalized spacial score (nSPS) is 23.9. The first-order chi connectivity index (χ1) is 5.11. The fourth-order valence-electron chi connectivity index (χ4n) is 1.03. The van der Waals surface area contributed by atoms with Crippen LogP contribution in [0.2, 0.25) is 0 Å². The minimum absolute atomic E-state index is 0.241. The van der Waals surface area contributed by atoms with Crippen molar-refractivity contribution in [2.75, 3.05) is 13.6 Å². The largest absolute Gasteiger partial charge is 0.330 e. The van der Waals surface area contributed by atoms with Gasteiger partial charge in [0.05, 0.1) is 0 Å². The van der Waals surface area contributed by atoms with Gasteiger partial charge in [-0.25, -0.2) is 0 Å². The molecule has 4 heteroatoms. The van der Waals surface area contributed by atoms with E-state index in [2.05, 4.69) is 39.8 Å². The molecule has 0 saturated carbocycles. The van der Waals surface area contributed by atoms with Gasteiger partial charge in [-0.2, -0.15) is 5.10 Å². The van der Waals surface area contributed by atoms with E-state index in [1.165, 1.54) is 0 Å². The standard InChI is InChI=1S/C7H14BrN3/c1-6(2)4-11-5-9-10(3)7(11)8/h5-7H,4H2,1-3H3. The molecule has 1 rings (SSSR count). The highest BCUT2D eigenvalue weighted by atomic mass is 79.9. The molecule has 0 amide bonds. The van der Waals surface area contributed by atoms with Crippen molar-refractivity contribution in [3.63, 3.8) is 0 Å². The molecule has 1 aliphatic heterocycles. The predicted octanol–water partition coefficient (Wildman–Crippen LogP) is 1.51. The summed E-state index contributed by atoms with van der Waals surface area (Å²) in [6, 6.07) is 0. The van der Waals surface area contributed by atoms with Crippen molar-refractivity contribution in [1.29, 1.82) is 0 Å². The zero-order valence-electron chi connectivity index (χ0n) is 7.16. The number of nitrogens with zero attached hydrogens (tertiary/aromatic N) is 3. The van der Waals surface area contributed by atoms with Crippen molar-refractivity contribution >= 4 is 22.3 Å². The number of rotatable bonds is 2. The SMILES string of the molecule is CC(C)CN1C=NN(C)C1Br. The summed E-state index contributed by atoms with van der Waals surface area (Å²) < 4.78 is 0. The topological polar surface area (TPSA) is 18.8 Å². The van der Waals surface area contributed by atoms with Crippen molar-refractivity contribution < 1.29 is 0 Å². The Morgan fingerprint density at radius 1 is 1.64 bits per heavy atom. The van der Waals surface area contributed by atoms with Crippen molar-refractivity contribution in [1.82, 2.24) is 9.91 Å². The quantitative estimate of drug-likeness (QED) is 0.519. The van der Waals surface area contributed by atoms with E-state index in [0.717, 1.165) is 6.54 Å². The number of alkyl halides is 1. The highest BCUT2D eigenvalue weighted by Crippen LogP contribution is 2.16. The van der Waals surface area contributed by atoms with Crippen LogP contribution in [0.5, 0.6) is 0 Å². The van der Waals surface area contributed by atoms with Gasteiger partial charge in [0.1, 0.15) is 6.34 Å². The number of hydrogen-bond acceptors (Lipinski definition) is 3. The molecule has 0 aromatic carbocycles. The van der Waals surface area contributed by atoms with Crippen molar-refractivity contribution in [3.05, 3.63) is 0 Å². The van der Waals surface area contributed by atoms with Crippen molar-refractivity contribution in [2.45, 2.75) is 18.9 Å². The Hall–Kier alpha value is -0.250. The van der Waals surface area contributed by atoms with Crippen LogP contribution in [0.15, 0.2) is 5.10 Å². The molecule has 11 heavy (non-hydrogen) atoms. The summed E-state index contributed by atoms with van der Waals surface area (Å²) in [5, 5.41) is 6.27. The Bertz CT molecular complexity index is 158. The first-order valence-corrected chi connectivity index (χ1v) is 4.69. The lowest BCUT2D eigenvalue weighted by atomic mass is 10.2. The number of halogens is 1. The second-order valence-corrected chi connectivity index (χ2v) is 4.02. The molecule has 0 saturated heterocycles. The second kappa shape index (κ2) is 3.43. The van der Waals surface area contributed by atoms with Crippen LogP contribution in [0.25, 0.3) is 0 Å². The lowest BCUT2D eigenvalue weighted by Crippen LogP contribution is -2.34. The lowest BCUT2D eigenvalue weighted by Gasteiger charge is -2.24. The van der Waals surface area contributed by atoms with Gasteiger partial charge in [-0.05, 0) is 21.8 Å². The van der Waals surface area contributed by atoms with Gasteiger partial charge in [0.2, 0.25) is 0 Å². The molecule has 0 aromatic heterocycles. The van der Waals surface area contributed by atoms with E-state index in [0.29, 0.717) is 5.92 Å². The first-order valence-electron chi connectivity index (χ1n) is 3.78. The predicted molar refractivity (Wildman–Crippen MR) is 50.5 cm³/mol. The van der Waals surface area contributed by atoms with E-state index in [4.69, 9.17) is 0 Å². The molecule has 3 nitrogen and oxygen atoms in total. The Morgan fingerprint density at radius 3 is 2.64 bits per heavy atom. The second-order valence-electron chi connectivity index (χ2n) is 3.21. The average molecular weight is 220 g/mol. The minimum Gasteiger partial charge on any atom is -0.330 e. The Morgan fingerprint density at radius 2 is 2.27 bits per heavy atom. The van der Waals surface area contributed by atoms with Crippen LogP contribution >= 0.6 is 15.9 Å². The average Bonchev–Trinajstić information content (AvgIpc) is 2.18. The third kappa shape index (κ3) is 2.09. The van der Waals surface area contributed by atoms with E-state index in [-0.39, 0.29) is 5.08 Å². The van der Waals surface area contributed by atoms with E-state index in [1.54, 1.807) is 0 Å². The van der Waals surface area contributed by atoms with Gasteiger partial charge in [0.25, 0.3) is 0 Å². The monoisotopic (exact) mass is 219 g/mol. The third-order valence-corrected chi connectivity index (χ3v) is 2.66. The summed E-state index contributed by atoms with van der Waals surface area (Å²) in [7, 11) is 1.95. The molecule has 1 unspecified atom stereocenters. The number of hydrazone groups is 1. The van der Waals surface area contributed by atoms with Crippen LogP contribution in [0.1, 0.15) is 13.8 Å². The molecule has 0 bridgehead atoms. The molecule has 0 spiro atoms. The van der Waals surface area contributed by atoms with Gasteiger partial charge in [-0.15, -0.1) is 0 Å². The number of hydrogen-bond donors (Lipinski definition) is 0. The van der Waals surface area contributed by atoms with Crippen LogP contribution in [-0.4, -0.2) is 34.9 Å². The maximum absolute atomic E-state index is 4.14. The lowest BCUT2D eigenvalue weighted by molar-refractivity contribution is 0.236. The van der Waals surface area contributed by atoms with Gasteiger partial charge < -0.3 is 4.90 Å². The van der Waals surface area contributed by atoms with Crippen LogP contribution in [0.4, 0.5) is 0 Å². The molecule has 0 fully saturated rings. The smallest absolute Gasteiger partial charge is 0.175 e. The van der Waals surface area contributed by atoms with Crippen LogP contribution in [-0.2, 0) is 0 Å². The molecule has 1 atom stereocenters. The van der Waals surface area contributed by atoms with Crippen molar-refractivity contribution in [2.24, 2.45) is 11.0 Å². The van der Waals surface area contributed by atoms with E-state index < -0.39 is 0 Å². The van der Waals surface area contributed by atoms with Crippen molar-refractivity contribution in [3.8, 4) is 0 Å². The summed E-state index contributed by atoms with van der Waals surface area (Å²) >= 11 is 3.53. The fourth-order valence-corrected chi connectivity index (χ4v) is 1.41. The maximum atomic E-state index is 4.14. The Balaban J connectivity index is 2.43. The summed E-state index contributed by atoms with van der Waals surface area (Å²) in [4.78, 5) is 2.17. The fraction of sp³-hybridized carbons (Fsp3) is 0.857. The van der Waals surface area contributed by atoms with Crippen LogP contribution in [0.3, 0.4) is 0 Å². The molecule has 1 aliphatic rings. The zero-order valence-corrected chi connectivity index (χ0v) is 8.74. The molecule has 1 heterocycles. The van der Waals surface area contributed by atoms with Gasteiger partial charge in [-0.3, -0.25) is 5.01 Å². The molecule has 0 N–H and O–H groups in total. The highest BCUT2D eigenvalue weighted by molar-refractivity contribution is 9.09. The molecule has 64 valence electrons. The molecular weight excluding hydrogens is 206 g/mol. The Labute approximate surface area is 76.2 Å². The molecule has 0 aromatic rings. The van der Waals surface area contributed by atoms with Gasteiger partial charge in [-0.1, -0.05) is 13.8 Å². The highest BCUT2D eigenvalue weighted by Gasteiger charge is 2.21. The maximum Gasteiger partial charge on any atom is 0.175 e. The summed E-state index contributed by atoms with van der Waals surface area (Å²) in [5.41, 5.74) is 0. The molecule has 0 radical (unpaired) electrons. The van der Waals surface area contributed by atoms with Gasteiger partial charge in [0, 0.05) is 13.6 Å². The first kappa shape index (κ1) is 8.84. The zero-order chi connectivity index (χ0) is 8.43. The summed E-state index contributed by atoms with van der Waals surface area (Å²) in [6.45, 7) is 5.45. The van der Waals surface area contributed by atoms with Gasteiger partial charge in [0.15, 0.2) is 5.08 Å². The van der Waals surface area contributed by atoms with E-state index in [9.17, 15) is 0 Å². The molecule has 0 aliphatic carbocycles. The summed E-state index contributed by atoms with van der Waals surface area (Å²) in [5.74, 6) is 0.674. The van der Waals surface area contributed by atoms with E-state index in [1.807, 2.05) is 18.4 Å². The third-order valence-electron chi connectivity index (χ3n) is 1.54. The van der Waals surface area contributed by atoms with Gasteiger partial charge >= 0.3 is 0 Å². The molecular formula is C7H14BrN3. The Kier molecular flexibility index (Phi) is 2.76.